The lowest BCUT2D eigenvalue weighted by Gasteiger charge is -2.26. The molecule has 2 aliphatic heterocycles. The Morgan fingerprint density at radius 2 is 1.81 bits per heavy atom. The molecule has 0 radical (unpaired) electrons. The number of hydrogen-bond donors (Lipinski definition) is 1. The summed E-state index contributed by atoms with van der Waals surface area (Å²) < 4.78 is 5.50. The van der Waals surface area contributed by atoms with Crippen LogP contribution in [0.25, 0.3) is 0 Å². The molecule has 0 spiro atoms. The average Bonchev–Trinajstić information content (AvgIpc) is 3.26. The van der Waals surface area contributed by atoms with Gasteiger partial charge in [0.2, 0.25) is 0 Å². The van der Waals surface area contributed by atoms with Crippen LogP contribution in [0.4, 0.5) is 16.3 Å². The highest BCUT2D eigenvalue weighted by Crippen LogP contribution is 2.33. The van der Waals surface area contributed by atoms with Gasteiger partial charge < -0.3 is 19.9 Å². The Kier molecular flexibility index (Phi) is 5.56. The van der Waals surface area contributed by atoms with E-state index in [0.717, 1.165) is 24.3 Å². The first-order chi connectivity index (χ1) is 14.7. The Hall–Kier alpha value is -3.16. The summed E-state index contributed by atoms with van der Waals surface area (Å²) in [4.78, 5) is 37.7. The Bertz CT molecular complexity index is 973. The van der Waals surface area contributed by atoms with Crippen molar-refractivity contribution in [1.82, 2.24) is 14.9 Å². The van der Waals surface area contributed by atoms with Crippen LogP contribution in [0.3, 0.4) is 0 Å². The van der Waals surface area contributed by atoms with Gasteiger partial charge in [0.25, 0.3) is 5.91 Å². The standard InChI is InChI=1S/C23H29N5O3/c1-15-6-5-7-18(8-15)25-21(29)19-9-24-10-20(26-19)27-11-16-13-28(14-17(16)12-27)22(30)31-23(2,3)4/h5-10,16-17H,11-14H2,1-4H3,(H,25,29). The molecule has 2 saturated heterocycles. The van der Waals surface area contributed by atoms with Crippen LogP contribution in [-0.4, -0.2) is 58.6 Å². The van der Waals surface area contributed by atoms with Gasteiger partial charge in [-0.1, -0.05) is 12.1 Å². The monoisotopic (exact) mass is 423 g/mol. The molecule has 1 N–H and O–H groups in total. The maximum Gasteiger partial charge on any atom is 0.410 e. The molecular weight excluding hydrogens is 394 g/mol. The molecule has 8 nitrogen and oxygen atoms in total. The molecule has 0 aliphatic carbocycles. The zero-order valence-electron chi connectivity index (χ0n) is 18.5. The molecule has 0 saturated carbocycles. The first kappa shape index (κ1) is 21.1. The Morgan fingerprint density at radius 1 is 1.10 bits per heavy atom. The molecule has 3 heterocycles. The van der Waals surface area contributed by atoms with Gasteiger partial charge in [-0.15, -0.1) is 0 Å². The van der Waals surface area contributed by atoms with E-state index in [1.165, 1.54) is 6.20 Å². The van der Waals surface area contributed by atoms with E-state index in [9.17, 15) is 9.59 Å². The van der Waals surface area contributed by atoms with Crippen molar-refractivity contribution in [3.63, 3.8) is 0 Å². The topological polar surface area (TPSA) is 87.7 Å². The van der Waals surface area contributed by atoms with E-state index in [0.29, 0.717) is 30.7 Å². The number of aromatic nitrogens is 2. The van der Waals surface area contributed by atoms with E-state index in [2.05, 4.69) is 20.2 Å². The van der Waals surface area contributed by atoms with Crippen LogP contribution in [0, 0.1) is 18.8 Å². The molecule has 2 atom stereocenters. The van der Waals surface area contributed by atoms with E-state index in [1.807, 2.05) is 52.0 Å². The lowest BCUT2D eigenvalue weighted by molar-refractivity contribution is 0.0282. The summed E-state index contributed by atoms with van der Waals surface area (Å²) in [5, 5.41) is 2.88. The lowest BCUT2D eigenvalue weighted by atomic mass is 10.0. The van der Waals surface area contributed by atoms with Gasteiger partial charge in [-0.3, -0.25) is 9.78 Å². The maximum atomic E-state index is 12.6. The number of aryl methyl sites for hydroxylation is 1. The summed E-state index contributed by atoms with van der Waals surface area (Å²) in [6.45, 7) is 10.5. The first-order valence-corrected chi connectivity index (χ1v) is 10.6. The molecule has 1 aromatic heterocycles. The van der Waals surface area contributed by atoms with E-state index >= 15 is 0 Å². The number of rotatable bonds is 3. The molecule has 164 valence electrons. The first-order valence-electron chi connectivity index (χ1n) is 10.6. The SMILES string of the molecule is Cc1cccc(NC(=O)c2cncc(N3CC4CN(C(=O)OC(C)(C)C)CC4C3)n2)c1. The van der Waals surface area contributed by atoms with Gasteiger partial charge >= 0.3 is 6.09 Å². The third-order valence-corrected chi connectivity index (χ3v) is 5.59. The van der Waals surface area contributed by atoms with Crippen molar-refractivity contribution in [2.24, 2.45) is 11.8 Å². The van der Waals surface area contributed by atoms with Crippen molar-refractivity contribution in [2.75, 3.05) is 36.4 Å². The van der Waals surface area contributed by atoms with Gasteiger partial charge in [0.05, 0.1) is 12.4 Å². The minimum Gasteiger partial charge on any atom is -0.444 e. The highest BCUT2D eigenvalue weighted by molar-refractivity contribution is 6.02. The number of benzene rings is 1. The van der Waals surface area contributed by atoms with Crippen LogP contribution in [0.1, 0.15) is 36.8 Å². The lowest BCUT2D eigenvalue weighted by Crippen LogP contribution is -2.37. The molecule has 4 rings (SSSR count). The summed E-state index contributed by atoms with van der Waals surface area (Å²) in [5.41, 5.74) is 1.60. The van der Waals surface area contributed by atoms with Gasteiger partial charge in [-0.05, 0) is 45.4 Å². The summed E-state index contributed by atoms with van der Waals surface area (Å²) in [6, 6.07) is 7.63. The molecule has 2 unspecified atom stereocenters. The molecule has 0 bridgehead atoms. The molecular formula is C23H29N5O3. The van der Waals surface area contributed by atoms with Crippen LogP contribution < -0.4 is 10.2 Å². The second-order valence-electron chi connectivity index (χ2n) is 9.40. The second kappa shape index (κ2) is 8.17. The number of nitrogens with zero attached hydrogens (tertiary/aromatic N) is 4. The predicted octanol–water partition coefficient (Wildman–Crippen LogP) is 3.34. The van der Waals surface area contributed by atoms with Crippen LogP contribution in [0.2, 0.25) is 0 Å². The van der Waals surface area contributed by atoms with Gasteiger partial charge in [0.1, 0.15) is 17.1 Å². The number of likely N-dealkylation sites (tertiary alicyclic amines) is 1. The van der Waals surface area contributed by atoms with Crippen LogP contribution in [0.15, 0.2) is 36.7 Å². The van der Waals surface area contributed by atoms with Crippen molar-refractivity contribution in [3.05, 3.63) is 47.9 Å². The quantitative estimate of drug-likeness (QED) is 0.815. The molecule has 2 aliphatic rings. The van der Waals surface area contributed by atoms with Crippen molar-refractivity contribution in [2.45, 2.75) is 33.3 Å². The number of amides is 2. The van der Waals surface area contributed by atoms with E-state index < -0.39 is 5.60 Å². The fourth-order valence-electron chi connectivity index (χ4n) is 4.19. The van der Waals surface area contributed by atoms with E-state index in [4.69, 9.17) is 4.74 Å². The van der Waals surface area contributed by atoms with E-state index in [1.54, 1.807) is 11.1 Å². The summed E-state index contributed by atoms with van der Waals surface area (Å²) in [5.74, 6) is 1.13. The third-order valence-electron chi connectivity index (χ3n) is 5.59. The Labute approximate surface area is 182 Å². The number of nitrogens with one attached hydrogen (secondary N) is 1. The molecule has 31 heavy (non-hydrogen) atoms. The number of carbonyl (C=O) groups is 2. The molecule has 2 amide bonds. The molecule has 2 fully saturated rings. The highest BCUT2D eigenvalue weighted by atomic mass is 16.6. The summed E-state index contributed by atoms with van der Waals surface area (Å²) in [7, 11) is 0. The minimum atomic E-state index is -0.490. The number of hydrogen-bond acceptors (Lipinski definition) is 6. The summed E-state index contributed by atoms with van der Waals surface area (Å²) >= 11 is 0. The minimum absolute atomic E-state index is 0.247. The Morgan fingerprint density at radius 3 is 2.45 bits per heavy atom. The number of carbonyl (C=O) groups excluding carboxylic acids is 2. The second-order valence-corrected chi connectivity index (χ2v) is 9.40. The Balaban J connectivity index is 1.38. The van der Waals surface area contributed by atoms with Gasteiger partial charge in [-0.25, -0.2) is 9.78 Å². The van der Waals surface area contributed by atoms with Crippen molar-refractivity contribution >= 4 is 23.5 Å². The number of anilines is 2. The van der Waals surface area contributed by atoms with Crippen LogP contribution in [-0.2, 0) is 4.74 Å². The van der Waals surface area contributed by atoms with Crippen LogP contribution >= 0.6 is 0 Å². The third kappa shape index (κ3) is 4.95. The fourth-order valence-corrected chi connectivity index (χ4v) is 4.19. The molecule has 1 aromatic carbocycles. The number of fused-ring (bicyclic) bond motifs is 1. The predicted molar refractivity (Wildman–Crippen MR) is 118 cm³/mol. The number of ether oxygens (including phenoxy) is 1. The van der Waals surface area contributed by atoms with Crippen molar-refractivity contribution in [1.29, 1.82) is 0 Å². The fraction of sp³-hybridized carbons (Fsp3) is 0.478. The summed E-state index contributed by atoms with van der Waals surface area (Å²) in [6.07, 6.45) is 2.93. The van der Waals surface area contributed by atoms with Gasteiger partial charge in [-0.2, -0.15) is 0 Å². The molecule has 2 aromatic rings. The maximum absolute atomic E-state index is 12.6. The van der Waals surface area contributed by atoms with Crippen LogP contribution in [0.5, 0.6) is 0 Å². The normalized spacial score (nSPS) is 20.5. The molecule has 8 heteroatoms. The van der Waals surface area contributed by atoms with E-state index in [-0.39, 0.29) is 17.7 Å². The zero-order chi connectivity index (χ0) is 22.2. The highest BCUT2D eigenvalue weighted by Gasteiger charge is 2.43. The largest absolute Gasteiger partial charge is 0.444 e. The average molecular weight is 424 g/mol. The smallest absolute Gasteiger partial charge is 0.410 e. The van der Waals surface area contributed by atoms with Gasteiger partial charge in [0, 0.05) is 43.7 Å². The van der Waals surface area contributed by atoms with Crippen molar-refractivity contribution in [3.8, 4) is 0 Å². The van der Waals surface area contributed by atoms with Gasteiger partial charge in [0.15, 0.2) is 0 Å². The zero-order valence-corrected chi connectivity index (χ0v) is 18.5. The van der Waals surface area contributed by atoms with Crippen molar-refractivity contribution < 1.29 is 14.3 Å².